The molecule has 2 heterocycles. The molecule has 0 atom stereocenters. The maximum absolute atomic E-state index is 11.5. The molecule has 0 N–H and O–H groups in total. The molecule has 0 spiro atoms. The van der Waals surface area contributed by atoms with Crippen LogP contribution in [0, 0.1) is 11.3 Å². The number of ether oxygens (including phenoxy) is 1. The van der Waals surface area contributed by atoms with Crippen LogP contribution in [0.15, 0.2) is 40.5 Å². The van der Waals surface area contributed by atoms with Crippen LogP contribution in [0.3, 0.4) is 0 Å². The first-order valence-corrected chi connectivity index (χ1v) is 6.49. The summed E-state index contributed by atoms with van der Waals surface area (Å²) in [5.41, 5.74) is -0.00491. The number of esters is 1. The van der Waals surface area contributed by atoms with Gasteiger partial charge in [-0.15, -0.1) is 11.3 Å². The largest absolute Gasteiger partial charge is 0.464 e. The highest BCUT2D eigenvalue weighted by Gasteiger charge is 2.11. The van der Waals surface area contributed by atoms with Crippen LogP contribution >= 0.6 is 11.3 Å². The van der Waals surface area contributed by atoms with Crippen LogP contribution in [0.2, 0.25) is 0 Å². The molecule has 0 fully saturated rings. The van der Waals surface area contributed by atoms with E-state index in [1.54, 1.807) is 13.2 Å². The van der Waals surface area contributed by atoms with Crippen molar-refractivity contribution in [3.8, 4) is 16.7 Å². The van der Waals surface area contributed by atoms with Crippen molar-refractivity contribution >= 4 is 23.4 Å². The van der Waals surface area contributed by atoms with Gasteiger partial charge in [-0.3, -0.25) is 0 Å². The Labute approximate surface area is 114 Å². The number of nitriles is 1. The average Bonchev–Trinajstić information content (AvgIpc) is 3.06. The minimum atomic E-state index is -0.599. The molecule has 96 valence electrons. The van der Waals surface area contributed by atoms with Gasteiger partial charge in [-0.25, -0.2) is 4.79 Å². The van der Waals surface area contributed by atoms with Gasteiger partial charge in [0.15, 0.2) is 0 Å². The highest BCUT2D eigenvalue weighted by Crippen LogP contribution is 2.29. The number of nitrogens with zero attached hydrogens (tertiary/aromatic N) is 1. The zero-order chi connectivity index (χ0) is 13.7. The van der Waals surface area contributed by atoms with Crippen LogP contribution in [0.25, 0.3) is 16.7 Å². The van der Waals surface area contributed by atoms with E-state index in [2.05, 4.69) is 0 Å². The molecule has 0 radical (unpaired) electrons. The third-order valence-electron chi connectivity index (χ3n) is 2.29. The Morgan fingerprint density at radius 1 is 1.53 bits per heavy atom. The fourth-order valence-electron chi connectivity index (χ4n) is 1.47. The fraction of sp³-hybridized carbons (Fsp3) is 0.143. The summed E-state index contributed by atoms with van der Waals surface area (Å²) in [6.07, 6.45) is 3.12. The summed E-state index contributed by atoms with van der Waals surface area (Å²) < 4.78 is 10.1. The molecule has 2 rings (SSSR count). The second-order valence-corrected chi connectivity index (χ2v) is 4.68. The van der Waals surface area contributed by atoms with Crippen molar-refractivity contribution in [2.24, 2.45) is 0 Å². The standard InChI is InChI=1S/C14H11NO3S/c1-2-17-14(16)10(9-15)8-11-5-6-13(19-11)12-4-3-7-18-12/h3-8H,2H2,1H3/b10-8+. The Bertz CT molecular complexity index is 632. The molecule has 2 aromatic heterocycles. The Kier molecular flexibility index (Phi) is 4.16. The number of furan rings is 1. The first-order chi connectivity index (χ1) is 9.24. The third-order valence-corrected chi connectivity index (χ3v) is 3.34. The maximum atomic E-state index is 11.5. The van der Waals surface area contributed by atoms with Gasteiger partial charge in [-0.1, -0.05) is 0 Å². The first-order valence-electron chi connectivity index (χ1n) is 5.67. The first kappa shape index (κ1) is 13.1. The molecule has 0 amide bonds. The van der Waals surface area contributed by atoms with Crippen molar-refractivity contribution in [1.29, 1.82) is 5.26 Å². The molecule has 0 unspecified atom stereocenters. The molecular weight excluding hydrogens is 262 g/mol. The van der Waals surface area contributed by atoms with Crippen molar-refractivity contribution in [2.75, 3.05) is 6.61 Å². The predicted octanol–water partition coefficient (Wildman–Crippen LogP) is 3.48. The molecule has 5 heteroatoms. The number of hydrogen-bond donors (Lipinski definition) is 0. The molecular formula is C14H11NO3S. The lowest BCUT2D eigenvalue weighted by Gasteiger charge is -1.98. The lowest BCUT2D eigenvalue weighted by molar-refractivity contribution is -0.137. The molecule has 0 aliphatic carbocycles. The van der Waals surface area contributed by atoms with Crippen LogP contribution in [0.1, 0.15) is 11.8 Å². The molecule has 0 saturated heterocycles. The van der Waals surface area contributed by atoms with Crippen LogP contribution in [-0.4, -0.2) is 12.6 Å². The average molecular weight is 273 g/mol. The number of carbonyl (C=O) groups excluding carboxylic acids is 1. The van der Waals surface area contributed by atoms with Crippen molar-refractivity contribution in [3.05, 3.63) is 41.0 Å². The minimum absolute atomic E-state index is 0.00491. The van der Waals surface area contributed by atoms with Gasteiger partial charge >= 0.3 is 5.97 Å². The summed E-state index contributed by atoms with van der Waals surface area (Å²) in [7, 11) is 0. The van der Waals surface area contributed by atoms with E-state index in [1.165, 1.54) is 17.4 Å². The Morgan fingerprint density at radius 2 is 2.37 bits per heavy atom. The second kappa shape index (κ2) is 6.03. The van der Waals surface area contributed by atoms with Crippen molar-refractivity contribution in [1.82, 2.24) is 0 Å². The van der Waals surface area contributed by atoms with Crippen molar-refractivity contribution in [2.45, 2.75) is 6.92 Å². The van der Waals surface area contributed by atoms with Gasteiger partial charge < -0.3 is 9.15 Å². The van der Waals surface area contributed by atoms with Crippen LogP contribution in [0.4, 0.5) is 0 Å². The Hall–Kier alpha value is -2.32. The normalized spacial score (nSPS) is 11.1. The Balaban J connectivity index is 2.23. The monoisotopic (exact) mass is 273 g/mol. The molecule has 19 heavy (non-hydrogen) atoms. The lowest BCUT2D eigenvalue weighted by atomic mass is 10.2. The topological polar surface area (TPSA) is 63.2 Å². The molecule has 2 aromatic rings. The summed E-state index contributed by atoms with van der Waals surface area (Å²) in [6.45, 7) is 1.95. The summed E-state index contributed by atoms with van der Waals surface area (Å²) in [5, 5.41) is 8.94. The summed E-state index contributed by atoms with van der Waals surface area (Å²) >= 11 is 1.44. The van der Waals surface area contributed by atoms with Gasteiger partial charge in [0.25, 0.3) is 0 Å². The van der Waals surface area contributed by atoms with Gasteiger partial charge in [0, 0.05) is 4.88 Å². The molecule has 4 nitrogen and oxygen atoms in total. The van der Waals surface area contributed by atoms with Crippen LogP contribution in [0.5, 0.6) is 0 Å². The SMILES string of the molecule is CCOC(=O)/C(C#N)=C/c1ccc(-c2ccco2)s1. The van der Waals surface area contributed by atoms with Gasteiger partial charge in [0.2, 0.25) is 0 Å². The highest BCUT2D eigenvalue weighted by molar-refractivity contribution is 7.16. The van der Waals surface area contributed by atoms with E-state index in [-0.39, 0.29) is 12.2 Å². The predicted molar refractivity (Wildman–Crippen MR) is 72.2 cm³/mol. The second-order valence-electron chi connectivity index (χ2n) is 3.57. The smallest absolute Gasteiger partial charge is 0.348 e. The molecule has 0 aromatic carbocycles. The fourth-order valence-corrected chi connectivity index (χ4v) is 2.39. The van der Waals surface area contributed by atoms with E-state index in [0.29, 0.717) is 0 Å². The highest BCUT2D eigenvalue weighted by atomic mass is 32.1. The van der Waals surface area contributed by atoms with Crippen LogP contribution < -0.4 is 0 Å². The van der Waals surface area contributed by atoms with E-state index < -0.39 is 5.97 Å². The zero-order valence-electron chi connectivity index (χ0n) is 10.3. The van der Waals surface area contributed by atoms with E-state index in [4.69, 9.17) is 14.4 Å². The number of hydrogen-bond acceptors (Lipinski definition) is 5. The minimum Gasteiger partial charge on any atom is -0.464 e. The van der Waals surface area contributed by atoms with Crippen molar-refractivity contribution < 1.29 is 13.9 Å². The number of carbonyl (C=O) groups is 1. The molecule has 0 saturated carbocycles. The number of thiophene rings is 1. The lowest BCUT2D eigenvalue weighted by Crippen LogP contribution is -2.05. The zero-order valence-corrected chi connectivity index (χ0v) is 11.1. The third kappa shape index (κ3) is 3.12. The Morgan fingerprint density at radius 3 is 3.00 bits per heavy atom. The van der Waals surface area contributed by atoms with E-state index in [9.17, 15) is 4.79 Å². The van der Waals surface area contributed by atoms with Gasteiger partial charge in [-0.2, -0.15) is 5.26 Å². The summed E-state index contributed by atoms with van der Waals surface area (Å²) in [5.74, 6) is 0.164. The van der Waals surface area contributed by atoms with Gasteiger partial charge in [0.1, 0.15) is 17.4 Å². The molecule has 0 aliphatic heterocycles. The quantitative estimate of drug-likeness (QED) is 0.486. The number of rotatable bonds is 4. The summed E-state index contributed by atoms with van der Waals surface area (Å²) in [4.78, 5) is 13.2. The van der Waals surface area contributed by atoms with Crippen LogP contribution in [-0.2, 0) is 9.53 Å². The van der Waals surface area contributed by atoms with E-state index >= 15 is 0 Å². The van der Waals surface area contributed by atoms with Crippen molar-refractivity contribution in [3.63, 3.8) is 0 Å². The summed E-state index contributed by atoms with van der Waals surface area (Å²) in [6, 6.07) is 9.23. The van der Waals surface area contributed by atoms with E-state index in [0.717, 1.165) is 15.5 Å². The molecule has 0 aliphatic rings. The maximum Gasteiger partial charge on any atom is 0.348 e. The molecule has 0 bridgehead atoms. The van der Waals surface area contributed by atoms with Gasteiger partial charge in [-0.05, 0) is 37.3 Å². The van der Waals surface area contributed by atoms with Gasteiger partial charge in [0.05, 0.1) is 17.7 Å². The van der Waals surface area contributed by atoms with E-state index in [1.807, 2.05) is 30.3 Å².